The van der Waals surface area contributed by atoms with Gasteiger partial charge in [0.1, 0.15) is 12.1 Å². The second-order valence-corrected chi connectivity index (χ2v) is 13.4. The fraction of sp³-hybridized carbons (Fsp3) is 0.333. The molecule has 0 bridgehead atoms. The number of anilines is 1. The summed E-state index contributed by atoms with van der Waals surface area (Å²) in [6, 6.07) is 19.6. The number of alkyl halides is 3. The van der Waals surface area contributed by atoms with Crippen LogP contribution >= 0.6 is 11.8 Å². The standard InChI is InChI=1S/C36H37F3N6O2S/c1-22(2)29-17-8-23(3)20-32(29)45-24(4)18-19-48-35(45)42-34(46)41-31-7-5-6-30(31)25-9-11-26(12-10-25)33-40-21-44(43-33)27-13-15-28(16-14-27)47-36(37,38)39/h8-17,20-22,24H,5-7,18-19H2,1-4H3,(H,41,46)/b42-35-. The van der Waals surface area contributed by atoms with Gasteiger partial charge in [0.05, 0.1) is 5.69 Å². The highest BCUT2D eigenvalue weighted by Gasteiger charge is 2.31. The number of amides is 2. The molecule has 250 valence electrons. The molecule has 1 aromatic heterocycles. The predicted molar refractivity (Wildman–Crippen MR) is 184 cm³/mol. The van der Waals surface area contributed by atoms with Crippen molar-refractivity contribution >= 4 is 34.2 Å². The molecule has 2 heterocycles. The van der Waals surface area contributed by atoms with E-state index in [1.807, 2.05) is 24.3 Å². The van der Waals surface area contributed by atoms with Crippen LogP contribution in [0, 0.1) is 6.92 Å². The molecule has 0 radical (unpaired) electrons. The molecule has 1 fully saturated rings. The first-order valence-electron chi connectivity index (χ1n) is 16.0. The number of urea groups is 1. The number of ether oxygens (including phenoxy) is 1. The van der Waals surface area contributed by atoms with E-state index in [1.54, 1.807) is 11.8 Å². The Morgan fingerprint density at radius 2 is 1.77 bits per heavy atom. The summed E-state index contributed by atoms with van der Waals surface area (Å²) in [5.74, 6) is 1.41. The summed E-state index contributed by atoms with van der Waals surface area (Å²) in [5.41, 5.74) is 7.82. The molecule has 6 rings (SSSR count). The molecule has 1 aliphatic carbocycles. The second kappa shape index (κ2) is 13.9. The maximum atomic E-state index is 13.4. The summed E-state index contributed by atoms with van der Waals surface area (Å²) in [4.78, 5) is 24.6. The first kappa shape index (κ1) is 33.3. The van der Waals surface area contributed by atoms with Crippen molar-refractivity contribution in [3.8, 4) is 22.8 Å². The number of carbonyl (C=O) groups excluding carboxylic acids is 1. The SMILES string of the molecule is Cc1ccc(C(C)C)c(N2/C(=N/C(=O)NC3=C(c4ccc(-c5ncn(-c6ccc(OC(F)(F)F)cc6)n5)cc4)CCC3)SCCC2C)c1. The summed E-state index contributed by atoms with van der Waals surface area (Å²) in [7, 11) is 0. The Balaban J connectivity index is 1.18. The number of hydrogen-bond acceptors (Lipinski definition) is 5. The average Bonchev–Trinajstić information content (AvgIpc) is 3.71. The van der Waals surface area contributed by atoms with Crippen molar-refractivity contribution in [2.24, 2.45) is 4.99 Å². The van der Waals surface area contributed by atoms with Crippen LogP contribution < -0.4 is 15.0 Å². The van der Waals surface area contributed by atoms with E-state index in [0.717, 1.165) is 64.7 Å². The molecule has 0 saturated carbocycles. The second-order valence-electron chi connectivity index (χ2n) is 12.3. The number of carbonyl (C=O) groups is 1. The van der Waals surface area contributed by atoms with Crippen molar-refractivity contribution < 1.29 is 22.7 Å². The van der Waals surface area contributed by atoms with Crippen LogP contribution in [0.3, 0.4) is 0 Å². The fourth-order valence-corrected chi connectivity index (χ4v) is 7.28. The highest BCUT2D eigenvalue weighted by molar-refractivity contribution is 8.14. The Bertz CT molecular complexity index is 1850. The number of aromatic nitrogens is 3. The van der Waals surface area contributed by atoms with E-state index >= 15 is 0 Å². The maximum Gasteiger partial charge on any atom is 0.573 e. The number of nitrogens with one attached hydrogen (secondary N) is 1. The first-order chi connectivity index (χ1) is 22.9. The van der Waals surface area contributed by atoms with E-state index in [1.165, 1.54) is 46.4 Å². The number of allylic oxidation sites excluding steroid dienone is 2. The molecule has 1 N–H and O–H groups in total. The van der Waals surface area contributed by atoms with Gasteiger partial charge in [-0.05, 0) is 98.0 Å². The lowest BCUT2D eigenvalue weighted by Crippen LogP contribution is -2.42. The third-order valence-corrected chi connectivity index (χ3v) is 9.46. The minimum absolute atomic E-state index is 0.219. The lowest BCUT2D eigenvalue weighted by molar-refractivity contribution is -0.274. The van der Waals surface area contributed by atoms with Crippen LogP contribution in [-0.4, -0.2) is 44.1 Å². The summed E-state index contributed by atoms with van der Waals surface area (Å²) in [6.07, 6.45) is 0.290. The van der Waals surface area contributed by atoms with E-state index < -0.39 is 6.36 Å². The molecule has 48 heavy (non-hydrogen) atoms. The number of thioether (sulfide) groups is 1. The van der Waals surface area contributed by atoms with Gasteiger partial charge >= 0.3 is 12.4 Å². The topological polar surface area (TPSA) is 84.6 Å². The smallest absolute Gasteiger partial charge is 0.406 e. The van der Waals surface area contributed by atoms with Gasteiger partial charge in [0.25, 0.3) is 0 Å². The molecule has 12 heteroatoms. The Morgan fingerprint density at radius 1 is 1.04 bits per heavy atom. The molecular formula is C36H37F3N6O2S. The largest absolute Gasteiger partial charge is 0.573 e. The highest BCUT2D eigenvalue weighted by Crippen LogP contribution is 2.36. The lowest BCUT2D eigenvalue weighted by atomic mass is 9.98. The van der Waals surface area contributed by atoms with Crippen molar-refractivity contribution in [2.75, 3.05) is 10.7 Å². The van der Waals surface area contributed by atoms with E-state index in [-0.39, 0.29) is 17.8 Å². The third-order valence-electron chi connectivity index (χ3n) is 8.47. The summed E-state index contributed by atoms with van der Waals surface area (Å²) < 4.78 is 42.9. The van der Waals surface area contributed by atoms with Gasteiger partial charge in [0.2, 0.25) is 0 Å². The monoisotopic (exact) mass is 674 g/mol. The van der Waals surface area contributed by atoms with Crippen LogP contribution in [0.4, 0.5) is 23.7 Å². The molecule has 4 aromatic rings. The first-order valence-corrected chi connectivity index (χ1v) is 17.0. The number of halogens is 3. The number of benzene rings is 3. The quantitative estimate of drug-likeness (QED) is 0.210. The molecule has 1 saturated heterocycles. The zero-order valence-electron chi connectivity index (χ0n) is 27.2. The minimum atomic E-state index is -4.75. The van der Waals surface area contributed by atoms with Gasteiger partial charge in [-0.3, -0.25) is 0 Å². The Labute approximate surface area is 282 Å². The number of aliphatic imine (C=N–C) groups is 1. The van der Waals surface area contributed by atoms with E-state index in [9.17, 15) is 18.0 Å². The normalized spacial score (nSPS) is 17.8. The Hall–Kier alpha value is -4.58. The summed E-state index contributed by atoms with van der Waals surface area (Å²) >= 11 is 1.62. The number of rotatable bonds is 7. The van der Waals surface area contributed by atoms with Crippen LogP contribution in [0.1, 0.15) is 69.1 Å². The van der Waals surface area contributed by atoms with Crippen molar-refractivity contribution in [3.63, 3.8) is 0 Å². The molecule has 1 unspecified atom stereocenters. The van der Waals surface area contributed by atoms with Gasteiger partial charge in [-0.15, -0.1) is 18.3 Å². The van der Waals surface area contributed by atoms with Crippen LogP contribution in [-0.2, 0) is 0 Å². The Kier molecular flexibility index (Phi) is 9.63. The molecule has 1 atom stereocenters. The maximum absolute atomic E-state index is 13.4. The molecular weight excluding hydrogens is 637 g/mol. The van der Waals surface area contributed by atoms with Gasteiger partial charge in [-0.2, -0.15) is 4.99 Å². The molecule has 2 amide bonds. The number of hydrogen-bond donors (Lipinski definition) is 1. The van der Waals surface area contributed by atoms with Gasteiger partial charge < -0.3 is 15.0 Å². The van der Waals surface area contributed by atoms with Crippen molar-refractivity contribution in [1.29, 1.82) is 0 Å². The number of amidine groups is 1. The van der Waals surface area contributed by atoms with E-state index in [2.05, 4.69) is 75.9 Å². The molecule has 8 nitrogen and oxygen atoms in total. The predicted octanol–water partition coefficient (Wildman–Crippen LogP) is 9.26. The highest BCUT2D eigenvalue weighted by atomic mass is 32.2. The van der Waals surface area contributed by atoms with Crippen LogP contribution in [0.2, 0.25) is 0 Å². The molecule has 1 aliphatic heterocycles. The zero-order valence-corrected chi connectivity index (χ0v) is 28.0. The van der Waals surface area contributed by atoms with Crippen molar-refractivity contribution in [2.45, 2.75) is 71.7 Å². The average molecular weight is 675 g/mol. The number of nitrogens with zero attached hydrogens (tertiary/aromatic N) is 5. The summed E-state index contributed by atoms with van der Waals surface area (Å²) in [6.45, 7) is 8.65. The van der Waals surface area contributed by atoms with Crippen molar-refractivity contribution in [1.82, 2.24) is 20.1 Å². The number of aryl methyl sites for hydroxylation is 1. The molecule has 2 aliphatic rings. The molecule has 0 spiro atoms. The fourth-order valence-electron chi connectivity index (χ4n) is 6.07. The minimum Gasteiger partial charge on any atom is -0.406 e. The van der Waals surface area contributed by atoms with Gasteiger partial charge in [0, 0.05) is 28.7 Å². The van der Waals surface area contributed by atoms with Crippen LogP contribution in [0.5, 0.6) is 5.75 Å². The van der Waals surface area contributed by atoms with Gasteiger partial charge in [-0.1, -0.05) is 62.0 Å². The van der Waals surface area contributed by atoms with Crippen LogP contribution in [0.25, 0.3) is 22.6 Å². The van der Waals surface area contributed by atoms with E-state index in [0.29, 0.717) is 17.4 Å². The molecule has 3 aromatic carbocycles. The van der Waals surface area contributed by atoms with Gasteiger partial charge in [0.15, 0.2) is 11.0 Å². The van der Waals surface area contributed by atoms with Gasteiger partial charge in [-0.25, -0.2) is 14.5 Å². The third kappa shape index (κ3) is 7.59. The zero-order chi connectivity index (χ0) is 34.0. The summed E-state index contributed by atoms with van der Waals surface area (Å²) in [5, 5.41) is 8.33. The van der Waals surface area contributed by atoms with E-state index in [4.69, 9.17) is 0 Å². The lowest BCUT2D eigenvalue weighted by Gasteiger charge is -2.37. The Morgan fingerprint density at radius 3 is 2.48 bits per heavy atom. The van der Waals surface area contributed by atoms with Crippen LogP contribution in [0.15, 0.2) is 83.7 Å². The van der Waals surface area contributed by atoms with Crippen molar-refractivity contribution in [3.05, 3.63) is 95.4 Å².